The predicted molar refractivity (Wildman–Crippen MR) is 142 cm³/mol. The van der Waals surface area contributed by atoms with E-state index >= 15 is 0 Å². The molecule has 190 valence electrons. The zero-order valence-electron chi connectivity index (χ0n) is 21.0. The quantitative estimate of drug-likeness (QED) is 0.153. The Morgan fingerprint density at radius 2 is 1.68 bits per heavy atom. The smallest absolute Gasteiger partial charge is 0.330 e. The molecule has 0 aliphatic carbocycles. The van der Waals surface area contributed by atoms with E-state index in [2.05, 4.69) is 10.1 Å². The molecule has 8 nitrogen and oxygen atoms in total. The number of carbonyl (C=O) groups excluding carboxylic acids is 4. The first-order chi connectivity index (χ1) is 17.7. The Kier molecular flexibility index (Phi) is 9.05. The summed E-state index contributed by atoms with van der Waals surface area (Å²) in [6.45, 7) is 1.81. The van der Waals surface area contributed by atoms with Crippen molar-refractivity contribution in [3.8, 4) is 0 Å². The number of likely N-dealkylation sites (N-methyl/N-ethyl adjacent to an activating group) is 1. The molecule has 0 spiro atoms. The molecule has 1 atom stereocenters. The molecule has 8 heteroatoms. The van der Waals surface area contributed by atoms with Gasteiger partial charge in [0.25, 0.3) is 0 Å². The fourth-order valence-corrected chi connectivity index (χ4v) is 3.96. The topological polar surface area (TPSA) is 117 Å². The zero-order valence-corrected chi connectivity index (χ0v) is 21.0. The van der Waals surface area contributed by atoms with Crippen molar-refractivity contribution in [1.82, 2.24) is 10.2 Å². The van der Waals surface area contributed by atoms with Crippen molar-refractivity contribution < 1.29 is 23.9 Å². The monoisotopic (exact) mass is 499 g/mol. The summed E-state index contributed by atoms with van der Waals surface area (Å²) >= 11 is 0. The summed E-state index contributed by atoms with van der Waals surface area (Å²) in [4.78, 5) is 50.4. The highest BCUT2D eigenvalue weighted by atomic mass is 16.5. The van der Waals surface area contributed by atoms with E-state index in [1.807, 2.05) is 49.4 Å². The fourth-order valence-electron chi connectivity index (χ4n) is 3.96. The van der Waals surface area contributed by atoms with Crippen molar-refractivity contribution in [2.24, 2.45) is 0 Å². The Morgan fingerprint density at radius 3 is 2.43 bits per heavy atom. The van der Waals surface area contributed by atoms with Gasteiger partial charge in [0.1, 0.15) is 0 Å². The number of rotatable bonds is 9. The number of ketones is 1. The van der Waals surface area contributed by atoms with E-state index in [4.69, 9.17) is 5.41 Å². The summed E-state index contributed by atoms with van der Waals surface area (Å²) in [5.41, 5.74) is 1.66. The molecule has 0 aliphatic rings. The van der Waals surface area contributed by atoms with E-state index in [1.54, 1.807) is 24.3 Å². The molecular formula is C29H29N3O5. The molecule has 0 heterocycles. The van der Waals surface area contributed by atoms with Gasteiger partial charge in [0.05, 0.1) is 12.8 Å². The van der Waals surface area contributed by atoms with Gasteiger partial charge in [-0.15, -0.1) is 0 Å². The summed E-state index contributed by atoms with van der Waals surface area (Å²) in [6.07, 6.45) is 2.51. The van der Waals surface area contributed by atoms with Crippen molar-refractivity contribution in [2.75, 3.05) is 20.7 Å². The molecule has 0 unspecified atom stereocenters. The third kappa shape index (κ3) is 6.55. The molecule has 2 N–H and O–H groups in total. The average molecular weight is 500 g/mol. The SMILES string of the molecule is COC(=O)/C=C/CNC(=O)C(=O)N(C)Cc1ccccc1C(=O)C(=N)[C@H](C)c1cccc2ccccc12. The van der Waals surface area contributed by atoms with Gasteiger partial charge in [-0.1, -0.05) is 79.7 Å². The van der Waals surface area contributed by atoms with Crippen LogP contribution in [0.15, 0.2) is 78.9 Å². The molecule has 0 aromatic heterocycles. The number of nitrogens with one attached hydrogen (secondary N) is 2. The summed E-state index contributed by atoms with van der Waals surface area (Å²) in [5.74, 6) is -3.10. The Hall–Kier alpha value is -4.59. The fraction of sp³-hybridized carbons (Fsp3) is 0.207. The van der Waals surface area contributed by atoms with Crippen molar-refractivity contribution in [2.45, 2.75) is 19.4 Å². The third-order valence-electron chi connectivity index (χ3n) is 6.01. The van der Waals surface area contributed by atoms with Crippen LogP contribution in [0, 0.1) is 5.41 Å². The van der Waals surface area contributed by atoms with Gasteiger partial charge in [0, 0.05) is 37.7 Å². The molecule has 0 aliphatic heterocycles. The molecule has 0 fully saturated rings. The first kappa shape index (κ1) is 27.0. The number of ether oxygens (including phenoxy) is 1. The lowest BCUT2D eigenvalue weighted by Gasteiger charge is -2.20. The largest absolute Gasteiger partial charge is 0.466 e. The van der Waals surface area contributed by atoms with Crippen molar-refractivity contribution in [3.63, 3.8) is 0 Å². The highest BCUT2D eigenvalue weighted by Crippen LogP contribution is 2.27. The molecule has 2 amide bonds. The number of hydrogen-bond acceptors (Lipinski definition) is 6. The van der Waals surface area contributed by atoms with Crippen LogP contribution in [0.2, 0.25) is 0 Å². The minimum atomic E-state index is -0.849. The number of amides is 2. The highest BCUT2D eigenvalue weighted by molar-refractivity contribution is 6.47. The Morgan fingerprint density at radius 1 is 1.00 bits per heavy atom. The van der Waals surface area contributed by atoms with Crippen molar-refractivity contribution in [1.29, 1.82) is 5.41 Å². The third-order valence-corrected chi connectivity index (χ3v) is 6.01. The van der Waals surface area contributed by atoms with Crippen LogP contribution in [0.25, 0.3) is 10.8 Å². The van der Waals surface area contributed by atoms with Crippen LogP contribution in [0.5, 0.6) is 0 Å². The molecule has 0 saturated carbocycles. The summed E-state index contributed by atoms with van der Waals surface area (Å²) < 4.78 is 4.46. The molecule has 3 rings (SSSR count). The van der Waals surface area contributed by atoms with Gasteiger partial charge in [0.15, 0.2) is 0 Å². The Bertz CT molecular complexity index is 1370. The molecule has 0 saturated heterocycles. The van der Waals surface area contributed by atoms with Crippen LogP contribution >= 0.6 is 0 Å². The summed E-state index contributed by atoms with van der Waals surface area (Å²) in [6, 6.07) is 20.4. The second-order valence-electron chi connectivity index (χ2n) is 8.49. The number of methoxy groups -OCH3 is 1. The van der Waals surface area contributed by atoms with Crippen LogP contribution in [-0.4, -0.2) is 54.9 Å². The second kappa shape index (κ2) is 12.4. The second-order valence-corrected chi connectivity index (χ2v) is 8.49. The van der Waals surface area contributed by atoms with Crippen LogP contribution < -0.4 is 5.32 Å². The molecule has 0 bridgehead atoms. The van der Waals surface area contributed by atoms with E-state index in [0.29, 0.717) is 11.1 Å². The van der Waals surface area contributed by atoms with Gasteiger partial charge in [0.2, 0.25) is 5.78 Å². The van der Waals surface area contributed by atoms with Crippen LogP contribution in [0.3, 0.4) is 0 Å². The highest BCUT2D eigenvalue weighted by Gasteiger charge is 2.25. The lowest BCUT2D eigenvalue weighted by Crippen LogP contribution is -2.41. The number of nitrogens with zero attached hydrogens (tertiary/aromatic N) is 1. The van der Waals surface area contributed by atoms with Gasteiger partial charge in [-0.05, 0) is 21.9 Å². The molecular weight excluding hydrogens is 470 g/mol. The van der Waals surface area contributed by atoms with Gasteiger partial charge < -0.3 is 20.4 Å². The van der Waals surface area contributed by atoms with E-state index < -0.39 is 29.5 Å². The Balaban J connectivity index is 1.72. The molecule has 3 aromatic carbocycles. The molecule has 0 radical (unpaired) electrons. The maximum Gasteiger partial charge on any atom is 0.330 e. The van der Waals surface area contributed by atoms with Gasteiger partial charge in [-0.2, -0.15) is 0 Å². The maximum absolute atomic E-state index is 13.4. The van der Waals surface area contributed by atoms with Gasteiger partial charge in [-0.25, -0.2) is 4.79 Å². The minimum absolute atomic E-state index is 0.00208. The maximum atomic E-state index is 13.4. The standard InChI is InChI=1S/C29H29N3O5/c1-19(22-15-8-12-20-10-4-6-13-23(20)22)26(30)27(34)24-14-7-5-11-21(24)18-32(2)29(36)28(35)31-17-9-16-25(33)37-3/h4-16,19,30H,17-18H2,1-3H3,(H,31,35)/b16-9+,30-26?/t19-/m1/s1. The van der Waals surface area contributed by atoms with E-state index in [-0.39, 0.29) is 18.8 Å². The van der Waals surface area contributed by atoms with E-state index in [9.17, 15) is 19.2 Å². The normalized spacial score (nSPS) is 11.6. The van der Waals surface area contributed by atoms with Gasteiger partial charge in [-0.3, -0.25) is 14.4 Å². The van der Waals surface area contributed by atoms with E-state index in [1.165, 1.54) is 25.1 Å². The lowest BCUT2D eigenvalue weighted by molar-refractivity contribution is -0.145. The zero-order chi connectivity index (χ0) is 26.9. The molecule has 3 aromatic rings. The average Bonchev–Trinajstić information content (AvgIpc) is 2.93. The van der Waals surface area contributed by atoms with Crippen molar-refractivity contribution in [3.05, 3.63) is 95.6 Å². The van der Waals surface area contributed by atoms with Crippen LogP contribution in [0.4, 0.5) is 0 Å². The first-order valence-corrected chi connectivity index (χ1v) is 11.7. The minimum Gasteiger partial charge on any atom is -0.466 e. The van der Waals surface area contributed by atoms with Crippen molar-refractivity contribution >= 4 is 40.1 Å². The number of esters is 1. The summed E-state index contributed by atoms with van der Waals surface area (Å²) in [7, 11) is 2.69. The number of carbonyl (C=O) groups is 4. The van der Waals surface area contributed by atoms with Crippen LogP contribution in [0.1, 0.15) is 34.3 Å². The number of Topliss-reactive ketones (excluding diaryl/α,β-unsaturated/α-hetero) is 1. The first-order valence-electron chi connectivity index (χ1n) is 11.7. The van der Waals surface area contributed by atoms with Gasteiger partial charge >= 0.3 is 17.8 Å². The number of fused-ring (bicyclic) bond motifs is 1. The van der Waals surface area contributed by atoms with Crippen LogP contribution in [-0.2, 0) is 25.7 Å². The number of benzene rings is 3. The molecule has 37 heavy (non-hydrogen) atoms. The summed E-state index contributed by atoms with van der Waals surface area (Å²) in [5, 5.41) is 13.1. The lowest BCUT2D eigenvalue weighted by atomic mass is 9.87. The number of hydrogen-bond donors (Lipinski definition) is 2. The van der Waals surface area contributed by atoms with E-state index in [0.717, 1.165) is 22.4 Å². The Labute approximate surface area is 215 Å². The predicted octanol–water partition coefficient (Wildman–Crippen LogP) is 3.65.